The number of nitrogens with zero attached hydrogens (tertiary/aromatic N) is 1. The maximum absolute atomic E-state index is 12.6. The Balaban J connectivity index is 1.65. The average molecular weight is 417 g/mol. The Bertz CT molecular complexity index is 1110. The maximum atomic E-state index is 12.6. The van der Waals surface area contributed by atoms with Gasteiger partial charge in [-0.15, -0.1) is 0 Å². The molecule has 1 aromatic heterocycles. The van der Waals surface area contributed by atoms with Crippen molar-refractivity contribution >= 4 is 11.5 Å². The highest BCUT2D eigenvalue weighted by molar-refractivity contribution is 5.91. The van der Waals surface area contributed by atoms with Gasteiger partial charge in [0.15, 0.2) is 11.5 Å². The van der Waals surface area contributed by atoms with E-state index in [0.717, 1.165) is 22.4 Å². The number of esters is 1. The Morgan fingerprint density at radius 2 is 1.84 bits per heavy atom. The number of carbonyl (C=O) groups is 1. The molecule has 0 amide bonds. The van der Waals surface area contributed by atoms with Crippen LogP contribution in [0.5, 0.6) is 23.0 Å². The summed E-state index contributed by atoms with van der Waals surface area (Å²) >= 11 is 0. The lowest BCUT2D eigenvalue weighted by atomic mass is 9.95. The predicted molar refractivity (Wildman–Crippen MR) is 117 cm³/mol. The number of hydrogen-bond donors (Lipinski definition) is 0. The molecule has 6 heteroatoms. The molecule has 2 aromatic carbocycles. The molecule has 0 aliphatic carbocycles. The van der Waals surface area contributed by atoms with Crippen LogP contribution in [0.3, 0.4) is 0 Å². The predicted octanol–water partition coefficient (Wildman–Crippen LogP) is 5.07. The Kier molecular flexibility index (Phi) is 6.17. The van der Waals surface area contributed by atoms with Gasteiger partial charge in [0, 0.05) is 35.5 Å². The fourth-order valence-electron chi connectivity index (χ4n) is 3.43. The number of aromatic nitrogens is 1. The van der Waals surface area contributed by atoms with Crippen LogP contribution in [0.2, 0.25) is 0 Å². The first-order valence-electron chi connectivity index (χ1n) is 10.2. The van der Waals surface area contributed by atoms with Crippen molar-refractivity contribution in [2.45, 2.75) is 20.3 Å². The van der Waals surface area contributed by atoms with Crippen LogP contribution in [-0.4, -0.2) is 24.2 Å². The molecule has 4 rings (SSSR count). The van der Waals surface area contributed by atoms with E-state index in [9.17, 15) is 4.79 Å². The van der Waals surface area contributed by atoms with Gasteiger partial charge in [0.05, 0.1) is 25.0 Å². The normalized spacial score (nSPS) is 12.3. The Morgan fingerprint density at radius 3 is 2.61 bits per heavy atom. The number of rotatable bonds is 7. The molecule has 6 nitrogen and oxygen atoms in total. The first-order valence-corrected chi connectivity index (χ1v) is 10.2. The lowest BCUT2D eigenvalue weighted by Crippen LogP contribution is -2.12. The minimum atomic E-state index is -0.466. The van der Waals surface area contributed by atoms with Crippen molar-refractivity contribution in [3.8, 4) is 23.0 Å². The minimum Gasteiger partial charge on any atom is -0.490 e. The third-order valence-corrected chi connectivity index (χ3v) is 4.80. The van der Waals surface area contributed by atoms with Gasteiger partial charge in [-0.05, 0) is 44.2 Å². The number of ether oxygens (including phenoxy) is 4. The summed E-state index contributed by atoms with van der Waals surface area (Å²) in [4.78, 5) is 16.5. The van der Waals surface area contributed by atoms with E-state index in [1.54, 1.807) is 30.7 Å². The summed E-state index contributed by atoms with van der Waals surface area (Å²) in [7, 11) is 0. The zero-order valence-corrected chi connectivity index (χ0v) is 17.5. The first kappa shape index (κ1) is 20.5. The summed E-state index contributed by atoms with van der Waals surface area (Å²) in [6.07, 6.45) is 5.33. The Hall–Kier alpha value is -3.80. The molecule has 3 aromatic rings. The second-order valence-electron chi connectivity index (χ2n) is 6.80. The molecule has 0 atom stereocenters. The fourth-order valence-corrected chi connectivity index (χ4v) is 3.43. The van der Waals surface area contributed by atoms with Crippen LogP contribution in [0.15, 0.2) is 67.2 Å². The maximum Gasteiger partial charge on any atom is 0.345 e. The van der Waals surface area contributed by atoms with Crippen LogP contribution in [0.4, 0.5) is 0 Å². The largest absolute Gasteiger partial charge is 0.490 e. The van der Waals surface area contributed by atoms with Gasteiger partial charge in [-0.2, -0.15) is 0 Å². The molecule has 0 radical (unpaired) electrons. The van der Waals surface area contributed by atoms with Gasteiger partial charge in [-0.25, -0.2) is 4.79 Å². The van der Waals surface area contributed by atoms with Gasteiger partial charge in [-0.1, -0.05) is 18.2 Å². The number of allylic oxidation sites excluding steroid dienone is 1. The van der Waals surface area contributed by atoms with E-state index >= 15 is 0 Å². The molecule has 31 heavy (non-hydrogen) atoms. The van der Waals surface area contributed by atoms with Crippen molar-refractivity contribution < 1.29 is 23.7 Å². The van der Waals surface area contributed by atoms with E-state index < -0.39 is 5.97 Å². The van der Waals surface area contributed by atoms with Gasteiger partial charge in [0.25, 0.3) is 0 Å². The average Bonchev–Trinajstić information content (AvgIpc) is 2.81. The number of benzene rings is 2. The molecule has 0 saturated heterocycles. The van der Waals surface area contributed by atoms with E-state index in [1.165, 1.54) is 6.20 Å². The van der Waals surface area contributed by atoms with Crippen LogP contribution >= 0.6 is 0 Å². The summed E-state index contributed by atoms with van der Waals surface area (Å²) in [5, 5.41) is 0. The molecule has 0 saturated carbocycles. The molecule has 0 fully saturated rings. The van der Waals surface area contributed by atoms with Crippen molar-refractivity contribution in [2.24, 2.45) is 0 Å². The fraction of sp³-hybridized carbons (Fsp3) is 0.200. The van der Waals surface area contributed by atoms with Crippen molar-refractivity contribution in [1.82, 2.24) is 4.98 Å². The third kappa shape index (κ3) is 4.38. The highest BCUT2D eigenvalue weighted by Gasteiger charge is 2.24. The van der Waals surface area contributed by atoms with Crippen molar-refractivity contribution in [1.29, 1.82) is 0 Å². The minimum absolute atomic E-state index is 0.386. The van der Waals surface area contributed by atoms with Crippen molar-refractivity contribution in [3.63, 3.8) is 0 Å². The lowest BCUT2D eigenvalue weighted by molar-refractivity contribution is 0.0733. The second-order valence-corrected chi connectivity index (χ2v) is 6.80. The molecule has 0 spiro atoms. The highest BCUT2D eigenvalue weighted by Crippen LogP contribution is 2.44. The summed E-state index contributed by atoms with van der Waals surface area (Å²) in [5.74, 6) is 2.07. The Labute approximate surface area is 181 Å². The zero-order chi connectivity index (χ0) is 21.6. The molecule has 158 valence electrons. The molecular weight excluding hydrogens is 394 g/mol. The molecule has 0 N–H and O–H groups in total. The second kappa shape index (κ2) is 9.34. The summed E-state index contributed by atoms with van der Waals surface area (Å²) in [6, 6.07) is 14.5. The molecule has 0 bridgehead atoms. The van der Waals surface area contributed by atoms with Gasteiger partial charge in [0.1, 0.15) is 11.5 Å². The first-order chi connectivity index (χ1) is 15.2. The monoisotopic (exact) mass is 417 g/mol. The quantitative estimate of drug-likeness (QED) is 0.395. The van der Waals surface area contributed by atoms with Crippen LogP contribution in [0.1, 0.15) is 35.3 Å². The summed E-state index contributed by atoms with van der Waals surface area (Å²) in [5.41, 5.74) is 2.93. The van der Waals surface area contributed by atoms with Crippen LogP contribution in [0, 0.1) is 0 Å². The number of para-hydroxylation sites is 1. The van der Waals surface area contributed by atoms with E-state index in [1.807, 2.05) is 44.2 Å². The molecule has 1 aliphatic heterocycles. The van der Waals surface area contributed by atoms with Crippen molar-refractivity contribution in [3.05, 3.63) is 83.9 Å². The van der Waals surface area contributed by atoms with Gasteiger partial charge in [0.2, 0.25) is 0 Å². The zero-order valence-electron chi connectivity index (χ0n) is 17.5. The van der Waals surface area contributed by atoms with E-state index in [0.29, 0.717) is 42.4 Å². The smallest absolute Gasteiger partial charge is 0.345 e. The lowest BCUT2D eigenvalue weighted by Gasteiger charge is -2.23. The van der Waals surface area contributed by atoms with E-state index in [2.05, 4.69) is 4.98 Å². The number of hydrogen-bond acceptors (Lipinski definition) is 6. The standard InChI is InChI=1S/C25H23NO5/c1-3-28-23-12-11-21-20(24(23)29-4-2)14-18(16-30-21)19-9-5-6-10-22(19)31-25(27)17-8-7-13-26-15-17/h5-13,15-16H,3-4,14H2,1-2H3. The van der Waals surface area contributed by atoms with Gasteiger partial charge in [-0.3, -0.25) is 4.98 Å². The van der Waals surface area contributed by atoms with Gasteiger partial charge < -0.3 is 18.9 Å². The van der Waals surface area contributed by atoms with Crippen LogP contribution < -0.4 is 18.9 Å². The highest BCUT2D eigenvalue weighted by atomic mass is 16.5. The summed E-state index contributed by atoms with van der Waals surface area (Å²) in [6.45, 7) is 4.91. The Morgan fingerprint density at radius 1 is 1.00 bits per heavy atom. The topological polar surface area (TPSA) is 66.9 Å². The van der Waals surface area contributed by atoms with Crippen LogP contribution in [-0.2, 0) is 6.42 Å². The van der Waals surface area contributed by atoms with E-state index in [-0.39, 0.29) is 0 Å². The number of fused-ring (bicyclic) bond motifs is 1. The van der Waals surface area contributed by atoms with Crippen LogP contribution in [0.25, 0.3) is 5.57 Å². The SMILES string of the molecule is CCOc1ccc2c(c1OCC)CC(c1ccccc1OC(=O)c1cccnc1)=CO2. The number of pyridine rings is 1. The third-order valence-electron chi connectivity index (χ3n) is 4.80. The molecule has 0 unspecified atom stereocenters. The van der Waals surface area contributed by atoms with Crippen molar-refractivity contribution in [2.75, 3.05) is 13.2 Å². The molecule has 1 aliphatic rings. The van der Waals surface area contributed by atoms with E-state index in [4.69, 9.17) is 18.9 Å². The molecule has 2 heterocycles. The van der Waals surface area contributed by atoms with Gasteiger partial charge >= 0.3 is 5.97 Å². The number of carbonyl (C=O) groups excluding carboxylic acids is 1. The molecular formula is C25H23NO5. The summed E-state index contributed by atoms with van der Waals surface area (Å²) < 4.78 is 23.2.